The lowest BCUT2D eigenvalue weighted by Crippen LogP contribution is -2.45. The van der Waals surface area contributed by atoms with Crippen molar-refractivity contribution in [2.24, 2.45) is 0 Å². The van der Waals surface area contributed by atoms with Crippen LogP contribution in [0.1, 0.15) is 6.92 Å². The summed E-state index contributed by atoms with van der Waals surface area (Å²) in [5, 5.41) is 27.3. The van der Waals surface area contributed by atoms with Crippen LogP contribution in [0.5, 0.6) is 0 Å². The van der Waals surface area contributed by atoms with Crippen LogP contribution < -0.4 is 0 Å². The van der Waals surface area contributed by atoms with Crippen molar-refractivity contribution in [3.63, 3.8) is 0 Å². The summed E-state index contributed by atoms with van der Waals surface area (Å²) in [5.41, 5.74) is -1.46. The molecule has 0 amide bonds. The molecule has 62 valence electrons. The fraction of sp³-hybridized carbons (Fsp3) is 1.00. The van der Waals surface area contributed by atoms with E-state index in [1.807, 2.05) is 0 Å². The molecule has 11 heavy (non-hydrogen) atoms. The fourth-order valence-electron chi connectivity index (χ4n) is 1.09. The van der Waals surface area contributed by atoms with E-state index in [0.717, 1.165) is 0 Å². The maximum absolute atomic E-state index is 9.42. The van der Waals surface area contributed by atoms with Gasteiger partial charge in [0.15, 0.2) is 0 Å². The Balaban J connectivity index is 2.71. The number of aliphatic hydroxyl groups excluding tert-OH is 2. The van der Waals surface area contributed by atoms with E-state index in [4.69, 9.17) is 17.7 Å². The van der Waals surface area contributed by atoms with Crippen LogP contribution in [0.2, 0.25) is 0 Å². The summed E-state index contributed by atoms with van der Waals surface area (Å²) >= 11 is 0. The zero-order valence-corrected chi connectivity index (χ0v) is 6.27. The third-order valence-electron chi connectivity index (χ3n) is 2.03. The van der Waals surface area contributed by atoms with Crippen molar-refractivity contribution in [3.8, 4) is 0 Å². The largest absolute Gasteiger partial charge is 0.394 e. The fourth-order valence-corrected chi connectivity index (χ4v) is 1.09. The van der Waals surface area contributed by atoms with E-state index < -0.39 is 23.8 Å². The molecule has 0 aromatic heterocycles. The Morgan fingerprint density at radius 3 is 2.36 bits per heavy atom. The molecule has 0 aromatic rings. The molecule has 1 saturated heterocycles. The molecule has 0 spiro atoms. The number of aliphatic hydroxyl groups is 3. The summed E-state index contributed by atoms with van der Waals surface area (Å²) in [6, 6.07) is -0.936. The monoisotopic (exact) mass is 158 g/mol. The average Bonchev–Trinajstić information content (AvgIpc) is 2.14. The van der Waals surface area contributed by atoms with E-state index in [2.05, 4.69) is 0 Å². The molecule has 0 saturated carbocycles. The molecule has 4 atom stereocenters. The summed E-state index contributed by atoms with van der Waals surface area (Å²) in [7, 11) is 5.33. The van der Waals surface area contributed by atoms with Crippen LogP contribution in [0.15, 0.2) is 0 Å². The van der Waals surface area contributed by atoms with Gasteiger partial charge in [-0.15, -0.1) is 0 Å². The third-order valence-corrected chi connectivity index (χ3v) is 2.03. The van der Waals surface area contributed by atoms with Gasteiger partial charge < -0.3 is 20.1 Å². The minimum atomic E-state index is -1.46. The second-order valence-corrected chi connectivity index (χ2v) is 2.95. The summed E-state index contributed by atoms with van der Waals surface area (Å²) < 4.78 is 4.87. The summed E-state index contributed by atoms with van der Waals surface area (Å²) in [6.45, 7) is 1.03. The van der Waals surface area contributed by atoms with Gasteiger partial charge in [0.25, 0.3) is 0 Å². The van der Waals surface area contributed by atoms with E-state index in [9.17, 15) is 10.2 Å². The van der Waals surface area contributed by atoms with Gasteiger partial charge in [-0.2, -0.15) is 0 Å². The van der Waals surface area contributed by atoms with Gasteiger partial charge in [0.05, 0.1) is 6.61 Å². The van der Waals surface area contributed by atoms with E-state index in [1.54, 1.807) is 0 Å². The highest BCUT2D eigenvalue weighted by molar-refractivity contribution is 6.12. The van der Waals surface area contributed by atoms with Crippen molar-refractivity contribution in [2.75, 3.05) is 6.61 Å². The molecule has 0 aliphatic carbocycles. The Morgan fingerprint density at radius 2 is 2.18 bits per heavy atom. The lowest BCUT2D eigenvalue weighted by Gasteiger charge is -2.24. The number of ether oxygens (including phenoxy) is 1. The minimum absolute atomic E-state index is 0.342. The van der Waals surface area contributed by atoms with E-state index in [0.29, 0.717) is 0 Å². The first kappa shape index (κ1) is 9.00. The lowest BCUT2D eigenvalue weighted by molar-refractivity contribution is -0.0467. The standard InChI is InChI=1S/C6H11BO4/c1-6(10)4(9)3(2-8)11-5(6)7/h3-5,8-10H,2H2,1H3/t3-,4?,5-,6-/m1/s1. The maximum Gasteiger partial charge on any atom is 0.113 e. The van der Waals surface area contributed by atoms with Crippen LogP contribution >= 0.6 is 0 Å². The molecule has 3 N–H and O–H groups in total. The van der Waals surface area contributed by atoms with Gasteiger partial charge in [-0.3, -0.25) is 0 Å². The molecule has 0 bridgehead atoms. The molecule has 1 heterocycles. The third kappa shape index (κ3) is 1.29. The second kappa shape index (κ2) is 2.75. The highest BCUT2D eigenvalue weighted by atomic mass is 16.6. The second-order valence-electron chi connectivity index (χ2n) is 2.95. The molecule has 5 heteroatoms. The van der Waals surface area contributed by atoms with E-state index >= 15 is 0 Å². The van der Waals surface area contributed by atoms with Crippen LogP contribution in [0.4, 0.5) is 0 Å². The zero-order chi connectivity index (χ0) is 8.65. The SMILES string of the molecule is [B][C@@H]1O[C@H](CO)C(O)[C@@]1(C)O. The van der Waals surface area contributed by atoms with Crippen LogP contribution in [0.3, 0.4) is 0 Å². The molecule has 4 nitrogen and oxygen atoms in total. The van der Waals surface area contributed by atoms with Gasteiger partial charge in [-0.25, -0.2) is 0 Å². The first-order valence-corrected chi connectivity index (χ1v) is 3.42. The molecule has 1 aliphatic rings. The van der Waals surface area contributed by atoms with Gasteiger partial charge in [0.1, 0.15) is 25.7 Å². The first-order chi connectivity index (χ1) is 5.00. The van der Waals surface area contributed by atoms with Crippen molar-refractivity contribution in [3.05, 3.63) is 0 Å². The Kier molecular flexibility index (Phi) is 2.25. The van der Waals surface area contributed by atoms with Crippen molar-refractivity contribution in [1.29, 1.82) is 0 Å². The Hall–Kier alpha value is -0.0951. The van der Waals surface area contributed by atoms with Gasteiger partial charge in [-0.1, -0.05) is 0 Å². The minimum Gasteiger partial charge on any atom is -0.394 e. The average molecular weight is 158 g/mol. The number of hydrogen-bond acceptors (Lipinski definition) is 4. The molecule has 1 unspecified atom stereocenters. The zero-order valence-electron chi connectivity index (χ0n) is 6.27. The molecule has 1 rings (SSSR count). The number of hydrogen-bond donors (Lipinski definition) is 3. The lowest BCUT2D eigenvalue weighted by atomic mass is 9.82. The van der Waals surface area contributed by atoms with Crippen LogP contribution in [0.25, 0.3) is 0 Å². The van der Waals surface area contributed by atoms with Crippen molar-refractivity contribution in [2.45, 2.75) is 30.7 Å². The Morgan fingerprint density at radius 1 is 1.64 bits per heavy atom. The van der Waals surface area contributed by atoms with Crippen molar-refractivity contribution in [1.82, 2.24) is 0 Å². The smallest absolute Gasteiger partial charge is 0.113 e. The number of rotatable bonds is 1. The predicted octanol–water partition coefficient (Wildman–Crippen LogP) is -2.02. The topological polar surface area (TPSA) is 69.9 Å². The van der Waals surface area contributed by atoms with Gasteiger partial charge in [0, 0.05) is 6.00 Å². The normalized spacial score (nSPS) is 51.5. The molecule has 2 radical (unpaired) electrons. The van der Waals surface area contributed by atoms with Crippen LogP contribution in [-0.2, 0) is 4.74 Å². The molecule has 1 fully saturated rings. The van der Waals surface area contributed by atoms with Gasteiger partial charge in [-0.05, 0) is 6.92 Å². The summed E-state index contributed by atoms with van der Waals surface area (Å²) in [4.78, 5) is 0. The van der Waals surface area contributed by atoms with Gasteiger partial charge in [0.2, 0.25) is 0 Å². The van der Waals surface area contributed by atoms with E-state index in [1.165, 1.54) is 6.92 Å². The molecular weight excluding hydrogens is 147 g/mol. The Labute approximate surface area is 66.2 Å². The molecular formula is C6H11BO4. The summed E-state index contributed by atoms with van der Waals surface area (Å²) in [5.74, 6) is 0. The quantitative estimate of drug-likeness (QED) is 0.385. The van der Waals surface area contributed by atoms with Gasteiger partial charge >= 0.3 is 0 Å². The molecule has 0 aromatic carbocycles. The van der Waals surface area contributed by atoms with Crippen LogP contribution in [-0.4, -0.2) is 53.6 Å². The van der Waals surface area contributed by atoms with Crippen molar-refractivity contribution < 1.29 is 20.1 Å². The van der Waals surface area contributed by atoms with Crippen molar-refractivity contribution >= 4 is 7.85 Å². The first-order valence-electron chi connectivity index (χ1n) is 3.42. The van der Waals surface area contributed by atoms with Crippen LogP contribution in [0, 0.1) is 0 Å². The maximum atomic E-state index is 9.42. The van der Waals surface area contributed by atoms with E-state index in [-0.39, 0.29) is 6.61 Å². The molecule has 1 aliphatic heterocycles. The Bertz CT molecular complexity index is 150. The predicted molar refractivity (Wildman–Crippen MR) is 38.1 cm³/mol. The highest BCUT2D eigenvalue weighted by Gasteiger charge is 2.48. The summed E-state index contributed by atoms with van der Waals surface area (Å²) in [6.07, 6.45) is -1.90. The highest BCUT2D eigenvalue weighted by Crippen LogP contribution is 2.28.